The largest absolute Gasteiger partial charge is 0.483 e. The van der Waals surface area contributed by atoms with Crippen LogP contribution >= 0.6 is 0 Å². The standard InChI is InChI=1S/C24H34N2O5/c1-23(2)18-14-24(6-8-25-9-7-24)16-30-21(18)17-4-3-5-19(22(17)31-23)29-15-20(27)26-10-12-28-13-11-26/h3-5,18,21,25H,6-16H2,1-2H3/t18-,21+/m0/s1. The van der Waals surface area contributed by atoms with Crippen LogP contribution in [-0.4, -0.2) is 69.0 Å². The zero-order valence-electron chi connectivity index (χ0n) is 18.7. The first-order chi connectivity index (χ1) is 15.0. The van der Waals surface area contributed by atoms with Gasteiger partial charge in [-0.05, 0) is 57.7 Å². The third kappa shape index (κ3) is 4.03. The lowest BCUT2D eigenvalue weighted by molar-refractivity contribution is -0.170. The molecule has 7 heteroatoms. The number of nitrogens with zero attached hydrogens (tertiary/aromatic N) is 1. The van der Waals surface area contributed by atoms with Gasteiger partial charge in [0.15, 0.2) is 18.1 Å². The second-order valence-corrected chi connectivity index (χ2v) is 9.95. The predicted molar refractivity (Wildman–Crippen MR) is 115 cm³/mol. The third-order valence-corrected chi connectivity index (χ3v) is 7.54. The van der Waals surface area contributed by atoms with Crippen LogP contribution in [0.4, 0.5) is 0 Å². The molecule has 5 rings (SSSR count). The van der Waals surface area contributed by atoms with Crippen molar-refractivity contribution in [2.75, 3.05) is 52.6 Å². The minimum atomic E-state index is -0.371. The molecule has 0 unspecified atom stereocenters. The van der Waals surface area contributed by atoms with Gasteiger partial charge in [-0.1, -0.05) is 12.1 Å². The Morgan fingerprint density at radius 2 is 2.00 bits per heavy atom. The maximum Gasteiger partial charge on any atom is 0.260 e. The second-order valence-electron chi connectivity index (χ2n) is 9.95. The average Bonchev–Trinajstić information content (AvgIpc) is 2.79. The molecule has 4 aliphatic rings. The number of carbonyl (C=O) groups is 1. The van der Waals surface area contributed by atoms with Crippen LogP contribution in [0.3, 0.4) is 0 Å². The molecule has 170 valence electrons. The fourth-order valence-corrected chi connectivity index (χ4v) is 5.60. The molecule has 1 N–H and O–H groups in total. The summed E-state index contributed by atoms with van der Waals surface area (Å²) in [5, 5.41) is 3.48. The van der Waals surface area contributed by atoms with E-state index in [1.807, 2.05) is 12.1 Å². The highest BCUT2D eigenvalue weighted by Gasteiger charge is 2.52. The molecule has 0 aliphatic carbocycles. The third-order valence-electron chi connectivity index (χ3n) is 7.54. The highest BCUT2D eigenvalue weighted by Crippen LogP contribution is 2.56. The molecule has 31 heavy (non-hydrogen) atoms. The highest BCUT2D eigenvalue weighted by atomic mass is 16.5. The molecule has 0 bridgehead atoms. The van der Waals surface area contributed by atoms with Gasteiger partial charge in [0.05, 0.1) is 25.9 Å². The summed E-state index contributed by atoms with van der Waals surface area (Å²) in [6.07, 6.45) is 3.43. The lowest BCUT2D eigenvalue weighted by Crippen LogP contribution is -2.53. The van der Waals surface area contributed by atoms with Crippen molar-refractivity contribution in [2.24, 2.45) is 11.3 Å². The van der Waals surface area contributed by atoms with E-state index in [1.54, 1.807) is 4.90 Å². The molecule has 4 heterocycles. The number of hydrogen-bond donors (Lipinski definition) is 1. The van der Waals surface area contributed by atoms with Crippen molar-refractivity contribution in [1.82, 2.24) is 10.2 Å². The van der Waals surface area contributed by atoms with Gasteiger partial charge in [0.2, 0.25) is 0 Å². The topological polar surface area (TPSA) is 69.3 Å². The number of morpholine rings is 1. The second kappa shape index (κ2) is 8.26. The number of benzene rings is 1. The fraction of sp³-hybridized carbons (Fsp3) is 0.708. The minimum absolute atomic E-state index is 0.00208. The van der Waals surface area contributed by atoms with E-state index in [4.69, 9.17) is 18.9 Å². The summed E-state index contributed by atoms with van der Waals surface area (Å²) in [6.45, 7) is 9.66. The number of piperidine rings is 1. The smallest absolute Gasteiger partial charge is 0.260 e. The van der Waals surface area contributed by atoms with E-state index in [0.29, 0.717) is 32.1 Å². The Bertz CT molecular complexity index is 814. The maximum atomic E-state index is 12.5. The first-order valence-corrected chi connectivity index (χ1v) is 11.6. The molecular weight excluding hydrogens is 396 g/mol. The normalized spacial score (nSPS) is 28.9. The summed E-state index contributed by atoms with van der Waals surface area (Å²) < 4.78 is 24.4. The van der Waals surface area contributed by atoms with Crippen molar-refractivity contribution in [3.63, 3.8) is 0 Å². The lowest BCUT2D eigenvalue weighted by Gasteiger charge is -2.53. The van der Waals surface area contributed by atoms with Gasteiger partial charge in [-0.3, -0.25) is 4.79 Å². The van der Waals surface area contributed by atoms with Crippen molar-refractivity contribution < 1.29 is 23.7 Å². The van der Waals surface area contributed by atoms with Crippen LogP contribution < -0.4 is 14.8 Å². The average molecular weight is 431 g/mol. The van der Waals surface area contributed by atoms with Crippen molar-refractivity contribution in [2.45, 2.75) is 44.8 Å². The summed E-state index contributed by atoms with van der Waals surface area (Å²) in [5.74, 6) is 1.62. The van der Waals surface area contributed by atoms with Crippen LogP contribution in [0.2, 0.25) is 0 Å². The van der Waals surface area contributed by atoms with Crippen molar-refractivity contribution in [3.05, 3.63) is 23.8 Å². The van der Waals surface area contributed by atoms with Crippen LogP contribution in [0.1, 0.15) is 44.8 Å². The number of fused-ring (bicyclic) bond motifs is 3. The Kier molecular flexibility index (Phi) is 5.61. The van der Waals surface area contributed by atoms with Gasteiger partial charge in [-0.25, -0.2) is 0 Å². The van der Waals surface area contributed by atoms with Gasteiger partial charge >= 0.3 is 0 Å². The molecule has 1 amide bonds. The lowest BCUT2D eigenvalue weighted by atomic mass is 9.64. The molecule has 0 radical (unpaired) electrons. The molecule has 0 aromatic heterocycles. The Hall–Kier alpha value is -1.83. The van der Waals surface area contributed by atoms with E-state index in [-0.39, 0.29) is 35.6 Å². The summed E-state index contributed by atoms with van der Waals surface area (Å²) in [4.78, 5) is 14.3. The molecule has 0 saturated carbocycles. The first-order valence-electron chi connectivity index (χ1n) is 11.6. The number of hydrogen-bond acceptors (Lipinski definition) is 6. The van der Waals surface area contributed by atoms with Gasteiger partial charge in [0.1, 0.15) is 5.60 Å². The van der Waals surface area contributed by atoms with E-state index in [2.05, 4.69) is 25.2 Å². The minimum Gasteiger partial charge on any atom is -0.483 e. The molecule has 4 aliphatic heterocycles. The Morgan fingerprint density at radius 1 is 1.23 bits per heavy atom. The summed E-state index contributed by atoms with van der Waals surface area (Å²) in [6, 6.07) is 5.95. The number of carbonyl (C=O) groups excluding carboxylic acids is 1. The SMILES string of the molecule is CC1(C)Oc2c(OCC(=O)N3CCOCC3)cccc2[C@H]2OCC3(CCNCC3)C[C@@H]21. The molecule has 1 aromatic carbocycles. The Morgan fingerprint density at radius 3 is 2.77 bits per heavy atom. The molecular formula is C24H34N2O5. The van der Waals surface area contributed by atoms with Crippen LogP contribution in [0.25, 0.3) is 0 Å². The number of rotatable bonds is 3. The Balaban J connectivity index is 1.34. The van der Waals surface area contributed by atoms with Gasteiger partial charge in [-0.2, -0.15) is 0 Å². The molecule has 3 saturated heterocycles. The molecule has 1 spiro atoms. The van der Waals surface area contributed by atoms with Gasteiger partial charge in [0, 0.05) is 24.6 Å². The van der Waals surface area contributed by atoms with Crippen LogP contribution in [0.15, 0.2) is 18.2 Å². The van der Waals surface area contributed by atoms with Crippen LogP contribution in [-0.2, 0) is 14.3 Å². The zero-order valence-corrected chi connectivity index (χ0v) is 18.7. The van der Waals surface area contributed by atoms with Crippen molar-refractivity contribution >= 4 is 5.91 Å². The van der Waals surface area contributed by atoms with Crippen molar-refractivity contribution in [3.8, 4) is 11.5 Å². The summed E-state index contributed by atoms with van der Waals surface area (Å²) in [5.41, 5.74) is 0.928. The van der Waals surface area contributed by atoms with Gasteiger partial charge < -0.3 is 29.2 Å². The van der Waals surface area contributed by atoms with E-state index in [9.17, 15) is 4.79 Å². The molecule has 7 nitrogen and oxygen atoms in total. The number of amides is 1. The maximum absolute atomic E-state index is 12.5. The summed E-state index contributed by atoms with van der Waals surface area (Å²) >= 11 is 0. The van der Waals surface area contributed by atoms with Gasteiger partial charge in [-0.15, -0.1) is 0 Å². The quantitative estimate of drug-likeness (QED) is 0.795. The first kappa shape index (κ1) is 21.0. The number of para-hydroxylation sites is 1. The summed E-state index contributed by atoms with van der Waals surface area (Å²) in [7, 11) is 0. The molecule has 2 atom stereocenters. The monoisotopic (exact) mass is 430 g/mol. The molecule has 3 fully saturated rings. The van der Waals surface area contributed by atoms with E-state index < -0.39 is 0 Å². The van der Waals surface area contributed by atoms with Gasteiger partial charge in [0.25, 0.3) is 5.91 Å². The highest BCUT2D eigenvalue weighted by molar-refractivity contribution is 5.78. The zero-order chi connectivity index (χ0) is 21.5. The fourth-order valence-electron chi connectivity index (χ4n) is 5.60. The number of nitrogens with one attached hydrogen (secondary N) is 1. The van der Waals surface area contributed by atoms with Crippen molar-refractivity contribution in [1.29, 1.82) is 0 Å². The Labute approximate surface area is 184 Å². The predicted octanol–water partition coefficient (Wildman–Crippen LogP) is 2.54. The number of ether oxygens (including phenoxy) is 4. The molecule has 1 aromatic rings. The van der Waals surface area contributed by atoms with Crippen LogP contribution in [0.5, 0.6) is 11.5 Å². The van der Waals surface area contributed by atoms with E-state index >= 15 is 0 Å². The van der Waals surface area contributed by atoms with E-state index in [0.717, 1.165) is 50.3 Å². The van der Waals surface area contributed by atoms with Crippen LogP contribution in [0, 0.1) is 11.3 Å². The van der Waals surface area contributed by atoms with E-state index in [1.165, 1.54) is 0 Å².